The second-order valence-electron chi connectivity index (χ2n) is 7.09. The summed E-state index contributed by atoms with van der Waals surface area (Å²) in [4.78, 5) is 2.40. The molecule has 2 heterocycles. The molecule has 6 nitrogen and oxygen atoms in total. The highest BCUT2D eigenvalue weighted by molar-refractivity contribution is 7.92. The molecule has 0 saturated carbocycles. The zero-order valence-corrected chi connectivity index (χ0v) is 16.7. The molecule has 0 bridgehead atoms. The molecule has 0 spiro atoms. The van der Waals surface area contributed by atoms with Crippen LogP contribution in [-0.2, 0) is 23.0 Å². The number of nitrogens with zero attached hydrogens (tertiary/aromatic N) is 3. The summed E-state index contributed by atoms with van der Waals surface area (Å²) in [5, 5.41) is 8.32. The third kappa shape index (κ3) is 3.71. The van der Waals surface area contributed by atoms with E-state index in [-0.39, 0.29) is 10.7 Å². The van der Waals surface area contributed by atoms with Crippen molar-refractivity contribution in [3.63, 3.8) is 0 Å². The van der Waals surface area contributed by atoms with Gasteiger partial charge in [0.25, 0.3) is 10.0 Å². The molecule has 0 saturated heterocycles. The predicted octanol–water partition coefficient (Wildman–Crippen LogP) is 3.46. The number of rotatable bonds is 4. The number of hydrogen-bond acceptors (Lipinski definition) is 5. The summed E-state index contributed by atoms with van der Waals surface area (Å²) < 4.78 is 27.9. The molecule has 144 valence electrons. The minimum absolute atomic E-state index is 0.209. The zero-order valence-electron chi connectivity index (χ0n) is 15.9. The number of anilines is 2. The molecule has 28 heavy (non-hydrogen) atoms. The van der Waals surface area contributed by atoms with Crippen LogP contribution in [0.3, 0.4) is 0 Å². The van der Waals surface area contributed by atoms with Gasteiger partial charge in [-0.2, -0.15) is 0 Å². The second kappa shape index (κ2) is 7.24. The van der Waals surface area contributed by atoms with Crippen molar-refractivity contribution in [1.82, 2.24) is 10.2 Å². The summed E-state index contributed by atoms with van der Waals surface area (Å²) in [7, 11) is -3.70. The van der Waals surface area contributed by atoms with E-state index in [0.29, 0.717) is 5.56 Å². The van der Waals surface area contributed by atoms with E-state index in [1.54, 1.807) is 31.2 Å². The molecule has 4 rings (SSSR count). The Hall–Kier alpha value is -2.93. The molecule has 7 heteroatoms. The lowest BCUT2D eigenvalue weighted by molar-refractivity contribution is 0.600. The normalized spacial score (nSPS) is 13.9. The van der Waals surface area contributed by atoms with Crippen molar-refractivity contribution >= 4 is 21.7 Å². The van der Waals surface area contributed by atoms with E-state index >= 15 is 0 Å². The zero-order chi connectivity index (χ0) is 19.7. The van der Waals surface area contributed by atoms with E-state index < -0.39 is 10.0 Å². The maximum Gasteiger partial charge on any atom is 0.263 e. The molecular formula is C21H22N4O2S. The Kier molecular flexibility index (Phi) is 4.77. The monoisotopic (exact) mass is 394 g/mol. The van der Waals surface area contributed by atoms with Crippen LogP contribution < -0.4 is 9.62 Å². The van der Waals surface area contributed by atoms with E-state index in [1.165, 1.54) is 11.1 Å². The molecule has 0 aliphatic carbocycles. The van der Waals surface area contributed by atoms with E-state index in [0.717, 1.165) is 30.9 Å². The van der Waals surface area contributed by atoms with Gasteiger partial charge in [0.05, 0.1) is 4.90 Å². The van der Waals surface area contributed by atoms with Gasteiger partial charge in [-0.3, -0.25) is 4.72 Å². The summed E-state index contributed by atoms with van der Waals surface area (Å²) in [6, 6.07) is 17.1. The molecular weight excluding hydrogens is 372 g/mol. The smallest absolute Gasteiger partial charge is 0.263 e. The molecule has 0 fully saturated rings. The van der Waals surface area contributed by atoms with Gasteiger partial charge in [0, 0.05) is 13.1 Å². The van der Waals surface area contributed by atoms with Crippen LogP contribution in [0.25, 0.3) is 0 Å². The Morgan fingerprint density at radius 3 is 2.46 bits per heavy atom. The van der Waals surface area contributed by atoms with Crippen LogP contribution in [0.1, 0.15) is 22.3 Å². The lowest BCUT2D eigenvalue weighted by Gasteiger charge is -2.29. The lowest BCUT2D eigenvalue weighted by atomic mass is 10.00. The number of fused-ring (bicyclic) bond motifs is 1. The second-order valence-corrected chi connectivity index (χ2v) is 8.74. The Bertz CT molecular complexity index is 1110. The van der Waals surface area contributed by atoms with Gasteiger partial charge in [0.1, 0.15) is 0 Å². The molecule has 1 aromatic heterocycles. The Labute approximate surface area is 165 Å². The average Bonchev–Trinajstić information content (AvgIpc) is 2.67. The first-order valence-electron chi connectivity index (χ1n) is 9.18. The summed E-state index contributed by atoms with van der Waals surface area (Å²) in [5.41, 5.74) is 4.37. The van der Waals surface area contributed by atoms with Crippen molar-refractivity contribution in [3.05, 3.63) is 76.9 Å². The van der Waals surface area contributed by atoms with Crippen molar-refractivity contribution in [1.29, 1.82) is 0 Å². The summed E-state index contributed by atoms with van der Waals surface area (Å²) in [6.07, 6.45) is 0.957. The third-order valence-corrected chi connectivity index (χ3v) is 6.48. The van der Waals surface area contributed by atoms with Crippen molar-refractivity contribution in [2.45, 2.75) is 31.7 Å². The first-order valence-corrected chi connectivity index (χ1v) is 10.7. The highest BCUT2D eigenvalue weighted by Crippen LogP contribution is 2.24. The number of nitrogens with one attached hydrogen (secondary N) is 1. The van der Waals surface area contributed by atoms with Crippen LogP contribution in [0, 0.1) is 13.8 Å². The fourth-order valence-electron chi connectivity index (χ4n) is 3.53. The van der Waals surface area contributed by atoms with Crippen LogP contribution in [0.4, 0.5) is 11.6 Å². The van der Waals surface area contributed by atoms with Crippen molar-refractivity contribution < 1.29 is 8.42 Å². The van der Waals surface area contributed by atoms with Gasteiger partial charge >= 0.3 is 0 Å². The molecule has 1 aliphatic heterocycles. The quantitative estimate of drug-likeness (QED) is 0.733. The average molecular weight is 395 g/mol. The topological polar surface area (TPSA) is 75.2 Å². The van der Waals surface area contributed by atoms with Crippen LogP contribution >= 0.6 is 0 Å². The van der Waals surface area contributed by atoms with Crippen LogP contribution in [0.2, 0.25) is 0 Å². The Morgan fingerprint density at radius 2 is 1.75 bits per heavy atom. The minimum atomic E-state index is -3.70. The van der Waals surface area contributed by atoms with E-state index in [4.69, 9.17) is 0 Å². The van der Waals surface area contributed by atoms with Crippen LogP contribution in [0.5, 0.6) is 0 Å². The number of benzene rings is 2. The van der Waals surface area contributed by atoms with Crippen molar-refractivity contribution in [3.8, 4) is 0 Å². The van der Waals surface area contributed by atoms with Gasteiger partial charge < -0.3 is 4.90 Å². The predicted molar refractivity (Wildman–Crippen MR) is 110 cm³/mol. The summed E-state index contributed by atoms with van der Waals surface area (Å²) in [6.45, 7) is 5.35. The van der Waals surface area contributed by atoms with E-state index in [1.807, 2.05) is 19.1 Å². The van der Waals surface area contributed by atoms with Gasteiger partial charge in [-0.15, -0.1) is 10.2 Å². The van der Waals surface area contributed by atoms with Crippen molar-refractivity contribution in [2.24, 2.45) is 0 Å². The van der Waals surface area contributed by atoms with Gasteiger partial charge in [-0.25, -0.2) is 8.42 Å². The number of aryl methyl sites for hydroxylation is 2. The van der Waals surface area contributed by atoms with Crippen LogP contribution in [-0.4, -0.2) is 25.2 Å². The number of hydrogen-bond donors (Lipinski definition) is 1. The summed E-state index contributed by atoms with van der Waals surface area (Å²) in [5.74, 6) is 0.949. The first kappa shape index (κ1) is 18.4. The molecule has 1 N–H and O–H groups in total. The molecule has 0 atom stereocenters. The molecule has 0 radical (unpaired) electrons. The maximum absolute atomic E-state index is 12.7. The highest BCUT2D eigenvalue weighted by atomic mass is 32.2. The molecule has 0 amide bonds. The molecule has 2 aromatic carbocycles. The Morgan fingerprint density at radius 1 is 0.964 bits per heavy atom. The summed E-state index contributed by atoms with van der Waals surface area (Å²) >= 11 is 0. The Balaban J connectivity index is 1.51. The molecule has 3 aromatic rings. The van der Waals surface area contributed by atoms with E-state index in [9.17, 15) is 8.42 Å². The van der Waals surface area contributed by atoms with Gasteiger partial charge in [0.15, 0.2) is 11.6 Å². The first-order chi connectivity index (χ1) is 13.4. The fraction of sp³-hybridized carbons (Fsp3) is 0.238. The van der Waals surface area contributed by atoms with Crippen molar-refractivity contribution in [2.75, 3.05) is 16.2 Å². The van der Waals surface area contributed by atoms with Gasteiger partial charge in [0.2, 0.25) is 0 Å². The lowest BCUT2D eigenvalue weighted by Crippen LogP contribution is -2.31. The van der Waals surface area contributed by atoms with Crippen LogP contribution in [0.15, 0.2) is 59.5 Å². The van der Waals surface area contributed by atoms with E-state index in [2.05, 4.69) is 38.0 Å². The standard InChI is InChI=1S/C21H22N4O2S/c1-15-7-8-19(16(2)13-15)28(26,27)24-20-9-10-21(23-22-20)25-12-11-17-5-3-4-6-18(17)14-25/h3-10,13H,11-12,14H2,1-2H3,(H,22,24). The largest absolute Gasteiger partial charge is 0.350 e. The third-order valence-electron chi connectivity index (χ3n) is 4.96. The molecule has 0 unspecified atom stereocenters. The maximum atomic E-state index is 12.7. The SMILES string of the molecule is Cc1ccc(S(=O)(=O)Nc2ccc(N3CCc4ccccc4C3)nn2)c(C)c1. The van der Waals surface area contributed by atoms with Gasteiger partial charge in [-0.05, 0) is 55.2 Å². The number of sulfonamides is 1. The fourth-order valence-corrected chi connectivity index (χ4v) is 4.76. The minimum Gasteiger partial charge on any atom is -0.350 e. The highest BCUT2D eigenvalue weighted by Gasteiger charge is 2.20. The van der Waals surface area contributed by atoms with Gasteiger partial charge in [-0.1, -0.05) is 42.0 Å². The number of aromatic nitrogens is 2. The molecule has 1 aliphatic rings.